The molecule has 0 atom stereocenters. The minimum absolute atomic E-state index is 0.236. The molecule has 0 radical (unpaired) electrons. The smallest absolute Gasteiger partial charge is 0.240 e. The Morgan fingerprint density at radius 2 is 2.10 bits per heavy atom. The third kappa shape index (κ3) is 4.44. The van der Waals surface area contributed by atoms with Crippen LogP contribution >= 0.6 is 15.9 Å². The topological polar surface area (TPSA) is 67.4 Å². The van der Waals surface area contributed by atoms with Gasteiger partial charge in [-0.2, -0.15) is 0 Å². The maximum atomic E-state index is 12.1. The molecular formula is C13H19BrN2O3S. The molecule has 0 unspecified atom stereocenters. The highest BCUT2D eigenvalue weighted by molar-refractivity contribution is 9.10. The number of nitrogens with one attached hydrogen (secondary N) is 2. The van der Waals surface area contributed by atoms with Gasteiger partial charge in [0.05, 0.1) is 16.5 Å². The van der Waals surface area contributed by atoms with Crippen molar-refractivity contribution in [3.8, 4) is 5.75 Å². The molecular weight excluding hydrogens is 344 g/mol. The Morgan fingerprint density at radius 3 is 2.70 bits per heavy atom. The summed E-state index contributed by atoms with van der Waals surface area (Å²) in [5.41, 5.74) is 0. The lowest BCUT2D eigenvalue weighted by Crippen LogP contribution is -2.28. The van der Waals surface area contributed by atoms with Crippen LogP contribution in [0.5, 0.6) is 5.75 Å². The third-order valence-corrected chi connectivity index (χ3v) is 5.17. The first kappa shape index (κ1) is 15.8. The molecule has 0 heterocycles. The highest BCUT2D eigenvalue weighted by Gasteiger charge is 2.20. The van der Waals surface area contributed by atoms with Crippen molar-refractivity contribution in [3.63, 3.8) is 0 Å². The zero-order chi connectivity index (χ0) is 14.6. The van der Waals surface area contributed by atoms with Crippen molar-refractivity contribution in [3.05, 3.63) is 22.7 Å². The minimum Gasteiger partial charge on any atom is -0.496 e. The molecule has 112 valence electrons. The fraction of sp³-hybridized carbons (Fsp3) is 0.538. The van der Waals surface area contributed by atoms with Crippen LogP contribution in [0.15, 0.2) is 27.6 Å². The van der Waals surface area contributed by atoms with E-state index >= 15 is 0 Å². The number of hydrogen-bond donors (Lipinski definition) is 2. The molecule has 0 aromatic heterocycles. The summed E-state index contributed by atoms with van der Waals surface area (Å²) in [4.78, 5) is 0.236. The number of rotatable bonds is 8. The van der Waals surface area contributed by atoms with E-state index in [1.165, 1.54) is 18.9 Å². The molecule has 1 aromatic carbocycles. The maximum absolute atomic E-state index is 12.1. The van der Waals surface area contributed by atoms with Crippen molar-refractivity contribution in [2.75, 3.05) is 20.2 Å². The van der Waals surface area contributed by atoms with Gasteiger partial charge in [-0.1, -0.05) is 0 Å². The molecule has 0 spiro atoms. The summed E-state index contributed by atoms with van der Waals surface area (Å²) < 4.78 is 32.5. The zero-order valence-electron chi connectivity index (χ0n) is 11.4. The summed E-state index contributed by atoms with van der Waals surface area (Å²) in [6.45, 7) is 1.28. The lowest BCUT2D eigenvalue weighted by atomic mass is 10.3. The third-order valence-electron chi connectivity index (χ3n) is 3.09. The molecule has 0 saturated heterocycles. The Balaban J connectivity index is 1.86. The van der Waals surface area contributed by atoms with Gasteiger partial charge in [-0.3, -0.25) is 0 Å². The van der Waals surface area contributed by atoms with Crippen LogP contribution in [-0.4, -0.2) is 34.7 Å². The van der Waals surface area contributed by atoms with Gasteiger partial charge < -0.3 is 10.1 Å². The number of benzene rings is 1. The Labute approximate surface area is 128 Å². The van der Waals surface area contributed by atoms with Gasteiger partial charge in [0.25, 0.3) is 0 Å². The van der Waals surface area contributed by atoms with Crippen molar-refractivity contribution in [2.24, 2.45) is 0 Å². The quantitative estimate of drug-likeness (QED) is 0.692. The molecule has 1 fully saturated rings. The van der Waals surface area contributed by atoms with Gasteiger partial charge in [-0.15, -0.1) is 0 Å². The van der Waals surface area contributed by atoms with Crippen molar-refractivity contribution >= 4 is 26.0 Å². The van der Waals surface area contributed by atoms with E-state index in [0.29, 0.717) is 22.8 Å². The van der Waals surface area contributed by atoms with Gasteiger partial charge >= 0.3 is 0 Å². The van der Waals surface area contributed by atoms with E-state index in [4.69, 9.17) is 4.74 Å². The number of methoxy groups -OCH3 is 1. The van der Waals surface area contributed by atoms with Crippen LogP contribution in [0.25, 0.3) is 0 Å². The van der Waals surface area contributed by atoms with E-state index in [1.54, 1.807) is 19.2 Å². The van der Waals surface area contributed by atoms with Crippen molar-refractivity contribution in [1.82, 2.24) is 10.0 Å². The van der Waals surface area contributed by atoms with E-state index < -0.39 is 10.0 Å². The standard InChI is InChI=1S/C13H19BrN2O3S/c1-19-13-6-5-11(9-12(13)14)20(17,18)16-8-2-7-15-10-3-4-10/h5-6,9-10,15-16H,2-4,7-8H2,1H3. The predicted octanol–water partition coefficient (Wildman–Crippen LogP) is 1.88. The Bertz CT molecular complexity index is 559. The SMILES string of the molecule is COc1ccc(S(=O)(=O)NCCCNC2CC2)cc1Br. The number of ether oxygens (including phenoxy) is 1. The summed E-state index contributed by atoms with van der Waals surface area (Å²) in [5.74, 6) is 0.609. The predicted molar refractivity (Wildman–Crippen MR) is 81.5 cm³/mol. The first-order valence-corrected chi connectivity index (χ1v) is 8.87. The molecule has 0 aliphatic heterocycles. The summed E-state index contributed by atoms with van der Waals surface area (Å²) in [6.07, 6.45) is 3.27. The average Bonchev–Trinajstić information content (AvgIpc) is 3.22. The van der Waals surface area contributed by atoms with Crippen LogP contribution in [0.4, 0.5) is 0 Å². The highest BCUT2D eigenvalue weighted by atomic mass is 79.9. The van der Waals surface area contributed by atoms with Gasteiger partial charge in [-0.25, -0.2) is 13.1 Å². The van der Waals surface area contributed by atoms with E-state index in [2.05, 4.69) is 26.0 Å². The molecule has 5 nitrogen and oxygen atoms in total. The van der Waals surface area contributed by atoms with E-state index in [0.717, 1.165) is 13.0 Å². The summed E-state index contributed by atoms with van der Waals surface area (Å²) in [7, 11) is -1.92. The minimum atomic E-state index is -3.46. The van der Waals surface area contributed by atoms with Crippen LogP contribution < -0.4 is 14.8 Å². The summed E-state index contributed by atoms with van der Waals surface area (Å²) in [5, 5.41) is 3.35. The Morgan fingerprint density at radius 1 is 1.35 bits per heavy atom. The molecule has 7 heteroatoms. The van der Waals surface area contributed by atoms with Crippen molar-refractivity contribution in [2.45, 2.75) is 30.2 Å². The second-order valence-corrected chi connectivity index (χ2v) is 7.40. The van der Waals surface area contributed by atoms with Crippen molar-refractivity contribution in [1.29, 1.82) is 0 Å². The number of sulfonamides is 1. The van der Waals surface area contributed by atoms with Gasteiger partial charge in [-0.05, 0) is 59.9 Å². The largest absolute Gasteiger partial charge is 0.496 e. The Kier molecular flexibility index (Phi) is 5.42. The molecule has 0 bridgehead atoms. The molecule has 0 amide bonds. The molecule has 2 rings (SSSR count). The van der Waals surface area contributed by atoms with Crippen LogP contribution in [-0.2, 0) is 10.0 Å². The zero-order valence-corrected chi connectivity index (χ0v) is 13.8. The first-order chi connectivity index (χ1) is 9.53. The van der Waals surface area contributed by atoms with E-state index in [9.17, 15) is 8.42 Å². The summed E-state index contributed by atoms with van der Waals surface area (Å²) >= 11 is 3.29. The highest BCUT2D eigenvalue weighted by Crippen LogP contribution is 2.27. The molecule has 2 N–H and O–H groups in total. The van der Waals surface area contributed by atoms with Crippen LogP contribution in [0.3, 0.4) is 0 Å². The van der Waals surface area contributed by atoms with Crippen LogP contribution in [0.2, 0.25) is 0 Å². The second-order valence-electron chi connectivity index (χ2n) is 4.78. The lowest BCUT2D eigenvalue weighted by Gasteiger charge is -2.09. The summed E-state index contributed by atoms with van der Waals surface area (Å²) in [6, 6.07) is 5.37. The maximum Gasteiger partial charge on any atom is 0.240 e. The fourth-order valence-electron chi connectivity index (χ4n) is 1.79. The Hall–Kier alpha value is -0.630. The number of hydrogen-bond acceptors (Lipinski definition) is 4. The first-order valence-electron chi connectivity index (χ1n) is 6.59. The molecule has 20 heavy (non-hydrogen) atoms. The monoisotopic (exact) mass is 362 g/mol. The lowest BCUT2D eigenvalue weighted by molar-refractivity contribution is 0.411. The molecule has 1 aliphatic rings. The normalized spacial score (nSPS) is 15.3. The molecule has 1 aromatic rings. The number of halogens is 1. The molecule has 1 saturated carbocycles. The van der Waals surface area contributed by atoms with Gasteiger partial charge in [0, 0.05) is 12.6 Å². The van der Waals surface area contributed by atoms with E-state index in [1.807, 2.05) is 0 Å². The fourth-order valence-corrected chi connectivity index (χ4v) is 3.58. The van der Waals surface area contributed by atoms with Gasteiger partial charge in [0.1, 0.15) is 5.75 Å². The average molecular weight is 363 g/mol. The second kappa shape index (κ2) is 6.89. The van der Waals surface area contributed by atoms with Crippen LogP contribution in [0, 0.1) is 0 Å². The molecule has 1 aliphatic carbocycles. The van der Waals surface area contributed by atoms with E-state index in [-0.39, 0.29) is 4.90 Å². The van der Waals surface area contributed by atoms with Crippen LogP contribution in [0.1, 0.15) is 19.3 Å². The van der Waals surface area contributed by atoms with Crippen molar-refractivity contribution < 1.29 is 13.2 Å². The van der Waals surface area contributed by atoms with Gasteiger partial charge in [0.2, 0.25) is 10.0 Å². The van der Waals surface area contributed by atoms with Gasteiger partial charge in [0.15, 0.2) is 0 Å².